The van der Waals surface area contributed by atoms with Gasteiger partial charge in [0, 0.05) is 11.8 Å². The highest BCUT2D eigenvalue weighted by Crippen LogP contribution is 2.25. The summed E-state index contributed by atoms with van der Waals surface area (Å²) in [6, 6.07) is 14.3. The molecule has 0 amide bonds. The number of rotatable bonds is 3. The predicted octanol–water partition coefficient (Wildman–Crippen LogP) is 3.94. The molecule has 0 saturated carbocycles. The molecule has 0 fully saturated rings. The number of para-hydroxylation sites is 2. The Morgan fingerprint density at radius 2 is 1.88 bits per heavy atom. The third-order valence-corrected chi connectivity index (χ3v) is 4.01. The van der Waals surface area contributed by atoms with E-state index in [1.54, 1.807) is 18.3 Å². The van der Waals surface area contributed by atoms with Gasteiger partial charge in [0.05, 0.1) is 18.1 Å². The van der Waals surface area contributed by atoms with Crippen molar-refractivity contribution in [2.45, 2.75) is 6.92 Å². The highest BCUT2D eigenvalue weighted by molar-refractivity contribution is 5.77. The van der Waals surface area contributed by atoms with Crippen LogP contribution in [0.1, 0.15) is 5.82 Å². The quantitative estimate of drug-likeness (QED) is 0.569. The smallest absolute Gasteiger partial charge is 0.165 e. The van der Waals surface area contributed by atoms with Gasteiger partial charge in [-0.15, -0.1) is 0 Å². The summed E-state index contributed by atoms with van der Waals surface area (Å²) in [5.41, 5.74) is 2.45. The zero-order valence-electron chi connectivity index (χ0n) is 13.8. The van der Waals surface area contributed by atoms with Crippen molar-refractivity contribution in [3.63, 3.8) is 0 Å². The maximum absolute atomic E-state index is 14.0. The zero-order valence-corrected chi connectivity index (χ0v) is 13.8. The SMILES string of the molecule is COc1ccc(-c2nccc(-n3c(C)nc4ccccc43)n2)cc1F. The van der Waals surface area contributed by atoms with Crippen LogP contribution in [0.2, 0.25) is 0 Å². The summed E-state index contributed by atoms with van der Waals surface area (Å²) in [5, 5.41) is 0. The molecule has 5 nitrogen and oxygen atoms in total. The molecule has 0 radical (unpaired) electrons. The van der Waals surface area contributed by atoms with Crippen molar-refractivity contribution in [3.8, 4) is 23.0 Å². The van der Waals surface area contributed by atoms with E-state index in [-0.39, 0.29) is 5.75 Å². The molecule has 0 saturated heterocycles. The molecule has 2 aromatic carbocycles. The van der Waals surface area contributed by atoms with Crippen molar-refractivity contribution in [1.29, 1.82) is 0 Å². The summed E-state index contributed by atoms with van der Waals surface area (Å²) in [7, 11) is 1.43. The average Bonchev–Trinajstić information content (AvgIpc) is 2.97. The lowest BCUT2D eigenvalue weighted by molar-refractivity contribution is 0.386. The van der Waals surface area contributed by atoms with Gasteiger partial charge in [-0.2, -0.15) is 0 Å². The number of fused-ring (bicyclic) bond motifs is 1. The van der Waals surface area contributed by atoms with Crippen LogP contribution in [0.25, 0.3) is 28.2 Å². The number of methoxy groups -OCH3 is 1. The number of aryl methyl sites for hydroxylation is 1. The molecule has 2 aromatic heterocycles. The van der Waals surface area contributed by atoms with Gasteiger partial charge >= 0.3 is 0 Å². The molecule has 0 aliphatic rings. The molecule has 0 bridgehead atoms. The summed E-state index contributed by atoms with van der Waals surface area (Å²) in [6.45, 7) is 1.93. The van der Waals surface area contributed by atoms with Crippen molar-refractivity contribution in [2.24, 2.45) is 0 Å². The van der Waals surface area contributed by atoms with Crippen molar-refractivity contribution >= 4 is 11.0 Å². The van der Waals surface area contributed by atoms with E-state index in [0.29, 0.717) is 17.2 Å². The predicted molar refractivity (Wildman–Crippen MR) is 93.3 cm³/mol. The van der Waals surface area contributed by atoms with Gasteiger partial charge < -0.3 is 4.74 Å². The second-order valence-electron chi connectivity index (χ2n) is 5.57. The Bertz CT molecular complexity index is 1070. The molecular formula is C19H15FN4O. The molecule has 0 spiro atoms. The number of nitrogens with zero attached hydrogens (tertiary/aromatic N) is 4. The van der Waals surface area contributed by atoms with Crippen LogP contribution in [-0.2, 0) is 0 Å². The van der Waals surface area contributed by atoms with Gasteiger partial charge in [-0.05, 0) is 43.3 Å². The molecule has 0 aliphatic carbocycles. The van der Waals surface area contributed by atoms with Crippen LogP contribution in [0.15, 0.2) is 54.7 Å². The monoisotopic (exact) mass is 334 g/mol. The number of aromatic nitrogens is 4. The first-order chi connectivity index (χ1) is 12.2. The lowest BCUT2D eigenvalue weighted by Gasteiger charge is -2.08. The number of benzene rings is 2. The molecule has 0 aliphatic heterocycles. The normalized spacial score (nSPS) is 11.0. The van der Waals surface area contributed by atoms with Crippen LogP contribution in [0.5, 0.6) is 5.75 Å². The molecule has 6 heteroatoms. The van der Waals surface area contributed by atoms with E-state index < -0.39 is 5.82 Å². The molecule has 25 heavy (non-hydrogen) atoms. The molecule has 2 heterocycles. The Labute approximate surface area is 143 Å². The van der Waals surface area contributed by atoms with Crippen LogP contribution >= 0.6 is 0 Å². The van der Waals surface area contributed by atoms with E-state index in [4.69, 9.17) is 4.74 Å². The van der Waals surface area contributed by atoms with E-state index in [2.05, 4.69) is 15.0 Å². The number of hydrogen-bond acceptors (Lipinski definition) is 4. The van der Waals surface area contributed by atoms with Gasteiger partial charge in [0.25, 0.3) is 0 Å². The Morgan fingerprint density at radius 3 is 2.68 bits per heavy atom. The maximum Gasteiger partial charge on any atom is 0.165 e. The molecule has 4 rings (SSSR count). The average molecular weight is 334 g/mol. The third kappa shape index (κ3) is 2.61. The highest BCUT2D eigenvalue weighted by atomic mass is 19.1. The first-order valence-corrected chi connectivity index (χ1v) is 7.79. The molecular weight excluding hydrogens is 319 g/mol. The van der Waals surface area contributed by atoms with Crippen molar-refractivity contribution in [2.75, 3.05) is 7.11 Å². The maximum atomic E-state index is 14.0. The first kappa shape index (κ1) is 15.3. The van der Waals surface area contributed by atoms with Gasteiger partial charge in [0.2, 0.25) is 0 Å². The molecule has 0 atom stereocenters. The zero-order chi connectivity index (χ0) is 17.4. The van der Waals surface area contributed by atoms with Crippen LogP contribution in [0.3, 0.4) is 0 Å². The molecule has 0 N–H and O–H groups in total. The number of ether oxygens (including phenoxy) is 1. The van der Waals surface area contributed by atoms with Gasteiger partial charge in [0.15, 0.2) is 17.4 Å². The van der Waals surface area contributed by atoms with Gasteiger partial charge in [0.1, 0.15) is 11.6 Å². The highest BCUT2D eigenvalue weighted by Gasteiger charge is 2.12. The Morgan fingerprint density at radius 1 is 1.04 bits per heavy atom. The van der Waals surface area contributed by atoms with Crippen LogP contribution < -0.4 is 4.74 Å². The Hall–Kier alpha value is -3.28. The minimum absolute atomic E-state index is 0.191. The van der Waals surface area contributed by atoms with E-state index >= 15 is 0 Å². The van der Waals surface area contributed by atoms with Crippen LogP contribution in [0, 0.1) is 12.7 Å². The minimum atomic E-state index is -0.446. The van der Waals surface area contributed by atoms with Gasteiger partial charge in [-0.3, -0.25) is 4.57 Å². The summed E-state index contributed by atoms with van der Waals surface area (Å²) < 4.78 is 20.9. The van der Waals surface area contributed by atoms with E-state index in [0.717, 1.165) is 16.9 Å². The molecule has 4 aromatic rings. The lowest BCUT2D eigenvalue weighted by Crippen LogP contribution is -2.02. The number of halogens is 1. The fourth-order valence-electron chi connectivity index (χ4n) is 2.85. The summed E-state index contributed by atoms with van der Waals surface area (Å²) in [6.07, 6.45) is 1.66. The van der Waals surface area contributed by atoms with Crippen molar-refractivity contribution in [3.05, 3.63) is 66.4 Å². The Balaban J connectivity index is 1.84. The second kappa shape index (κ2) is 5.98. The van der Waals surface area contributed by atoms with Crippen LogP contribution in [-0.4, -0.2) is 26.6 Å². The van der Waals surface area contributed by atoms with Gasteiger partial charge in [-0.1, -0.05) is 12.1 Å². The number of hydrogen-bond donors (Lipinski definition) is 0. The van der Waals surface area contributed by atoms with Crippen LogP contribution in [0.4, 0.5) is 4.39 Å². The minimum Gasteiger partial charge on any atom is -0.494 e. The van der Waals surface area contributed by atoms with E-state index in [9.17, 15) is 4.39 Å². The Kier molecular flexibility index (Phi) is 3.65. The molecule has 0 unspecified atom stereocenters. The first-order valence-electron chi connectivity index (χ1n) is 7.79. The summed E-state index contributed by atoms with van der Waals surface area (Å²) >= 11 is 0. The fraction of sp³-hybridized carbons (Fsp3) is 0.105. The summed E-state index contributed by atoms with van der Waals surface area (Å²) in [4.78, 5) is 13.4. The lowest BCUT2D eigenvalue weighted by atomic mass is 10.2. The van der Waals surface area contributed by atoms with E-state index in [1.165, 1.54) is 13.2 Å². The molecule has 124 valence electrons. The fourth-order valence-corrected chi connectivity index (χ4v) is 2.85. The largest absolute Gasteiger partial charge is 0.494 e. The van der Waals surface area contributed by atoms with E-state index in [1.807, 2.05) is 41.8 Å². The standard InChI is InChI=1S/C19H15FN4O/c1-12-22-15-5-3-4-6-16(15)24(12)18-9-10-21-19(23-18)13-7-8-17(25-2)14(20)11-13/h3-11H,1-2H3. The second-order valence-corrected chi connectivity index (χ2v) is 5.57. The van der Waals surface area contributed by atoms with Gasteiger partial charge in [-0.25, -0.2) is 19.3 Å². The van der Waals surface area contributed by atoms with Crippen molar-refractivity contribution in [1.82, 2.24) is 19.5 Å². The topological polar surface area (TPSA) is 52.8 Å². The third-order valence-electron chi connectivity index (χ3n) is 4.01. The van der Waals surface area contributed by atoms with Crippen molar-refractivity contribution < 1.29 is 9.13 Å². The summed E-state index contributed by atoms with van der Waals surface area (Å²) in [5.74, 6) is 1.70. The number of imidazole rings is 1.